The summed E-state index contributed by atoms with van der Waals surface area (Å²) in [5.41, 5.74) is 12.9. The molecule has 0 nitrogen and oxygen atoms in total. The smallest absolute Gasteiger partial charge is 0.00204 e. The summed E-state index contributed by atoms with van der Waals surface area (Å²) in [5.74, 6) is 9.08. The summed E-state index contributed by atoms with van der Waals surface area (Å²) in [4.78, 5) is 0. The van der Waals surface area contributed by atoms with Gasteiger partial charge in [0.25, 0.3) is 0 Å². The molecular weight excluding hydrogens is 697 g/mol. The SMILES string of the molecule is CCCCC1CCC1CCC(CC1(C)CCC1)C1C(c2ccc(C(CC)CC(=C(C)CCC(C)=C(C)CC)C(C=C(C)C3C(C)C(C)C3C)CC)cc2)CC12CCC2. The Morgan fingerprint density at radius 3 is 1.93 bits per heavy atom. The third-order valence-corrected chi connectivity index (χ3v) is 19.5. The Morgan fingerprint density at radius 2 is 1.40 bits per heavy atom. The fourth-order valence-corrected chi connectivity index (χ4v) is 14.3. The number of benzene rings is 1. The Labute approximate surface area is 361 Å². The van der Waals surface area contributed by atoms with Gasteiger partial charge in [0, 0.05) is 0 Å². The van der Waals surface area contributed by atoms with Crippen molar-refractivity contribution < 1.29 is 0 Å². The molecule has 5 saturated carbocycles. The van der Waals surface area contributed by atoms with Crippen LogP contribution in [0.25, 0.3) is 0 Å². The lowest BCUT2D eigenvalue weighted by molar-refractivity contribution is -0.118. The van der Waals surface area contributed by atoms with E-state index in [1.807, 2.05) is 0 Å². The van der Waals surface area contributed by atoms with E-state index in [0.29, 0.717) is 22.7 Å². The van der Waals surface area contributed by atoms with E-state index in [2.05, 4.69) is 113 Å². The molecule has 0 amide bonds. The average Bonchev–Trinajstić information content (AvgIpc) is 3.17. The Morgan fingerprint density at radius 1 is 0.759 bits per heavy atom. The van der Waals surface area contributed by atoms with Crippen molar-refractivity contribution in [2.75, 3.05) is 0 Å². The van der Waals surface area contributed by atoms with Crippen molar-refractivity contribution in [1.82, 2.24) is 0 Å². The number of hydrogen-bond donors (Lipinski definition) is 0. The summed E-state index contributed by atoms with van der Waals surface area (Å²) in [6.45, 7) is 29.5. The molecule has 326 valence electrons. The largest absolute Gasteiger partial charge is 0.0781 e. The minimum absolute atomic E-state index is 0.547. The van der Waals surface area contributed by atoms with Crippen LogP contribution in [0.5, 0.6) is 0 Å². The minimum atomic E-state index is 0.547. The highest BCUT2D eigenvalue weighted by molar-refractivity contribution is 5.34. The molecule has 0 saturated heterocycles. The van der Waals surface area contributed by atoms with Gasteiger partial charge in [-0.3, -0.25) is 0 Å². The van der Waals surface area contributed by atoms with Gasteiger partial charge in [-0.2, -0.15) is 0 Å². The van der Waals surface area contributed by atoms with Crippen molar-refractivity contribution in [3.8, 4) is 0 Å². The van der Waals surface area contributed by atoms with Crippen LogP contribution in [0.15, 0.2) is 58.2 Å². The monoisotopic (exact) mass is 791 g/mol. The Balaban J connectivity index is 1.22. The molecule has 0 N–H and O–H groups in total. The molecule has 0 aromatic heterocycles. The van der Waals surface area contributed by atoms with Gasteiger partial charge in [-0.1, -0.05) is 146 Å². The van der Waals surface area contributed by atoms with Crippen LogP contribution in [-0.4, -0.2) is 0 Å². The van der Waals surface area contributed by atoms with Crippen LogP contribution in [0.4, 0.5) is 0 Å². The topological polar surface area (TPSA) is 0 Å². The lowest BCUT2D eigenvalue weighted by Gasteiger charge is -2.64. The summed E-state index contributed by atoms with van der Waals surface area (Å²) >= 11 is 0. The summed E-state index contributed by atoms with van der Waals surface area (Å²) < 4.78 is 0. The molecule has 0 radical (unpaired) electrons. The van der Waals surface area contributed by atoms with E-state index in [0.717, 1.165) is 53.3 Å². The van der Waals surface area contributed by atoms with E-state index in [4.69, 9.17) is 0 Å². The number of unbranched alkanes of at least 4 members (excludes halogenated alkanes) is 1. The van der Waals surface area contributed by atoms with E-state index >= 15 is 0 Å². The molecule has 0 heteroatoms. The van der Waals surface area contributed by atoms with E-state index in [1.165, 1.54) is 135 Å². The molecule has 0 aliphatic heterocycles. The highest BCUT2D eigenvalue weighted by atomic mass is 14.6. The van der Waals surface area contributed by atoms with Crippen molar-refractivity contribution >= 4 is 0 Å². The molecule has 1 aromatic rings. The number of rotatable bonds is 22. The van der Waals surface area contributed by atoms with Crippen LogP contribution in [0, 0.1) is 64.1 Å². The van der Waals surface area contributed by atoms with Crippen molar-refractivity contribution in [3.05, 3.63) is 69.3 Å². The summed E-state index contributed by atoms with van der Waals surface area (Å²) in [5, 5.41) is 0. The molecule has 0 heterocycles. The third-order valence-electron chi connectivity index (χ3n) is 19.5. The molecule has 6 rings (SSSR count). The maximum Gasteiger partial charge on any atom is -0.00204 e. The van der Waals surface area contributed by atoms with E-state index in [1.54, 1.807) is 39.0 Å². The Bertz CT molecular complexity index is 1540. The summed E-state index contributed by atoms with van der Waals surface area (Å²) in [6, 6.07) is 10.5. The lowest BCUT2D eigenvalue weighted by atomic mass is 9.40. The van der Waals surface area contributed by atoms with Gasteiger partial charge in [0.05, 0.1) is 0 Å². The van der Waals surface area contributed by atoms with E-state index in [-0.39, 0.29) is 0 Å². The van der Waals surface area contributed by atoms with Crippen molar-refractivity contribution in [3.63, 3.8) is 0 Å². The molecule has 0 bridgehead atoms. The predicted octanol–water partition coefficient (Wildman–Crippen LogP) is 18.4. The minimum Gasteiger partial charge on any atom is -0.0781 e. The second-order valence-corrected chi connectivity index (χ2v) is 22.7. The average molecular weight is 791 g/mol. The van der Waals surface area contributed by atoms with Gasteiger partial charge in [0.15, 0.2) is 0 Å². The first kappa shape index (κ1) is 46.0. The zero-order chi connectivity index (χ0) is 41.8. The summed E-state index contributed by atoms with van der Waals surface area (Å²) in [6.07, 6.45) is 32.4. The van der Waals surface area contributed by atoms with Gasteiger partial charge in [-0.15, -0.1) is 0 Å². The van der Waals surface area contributed by atoms with Crippen LogP contribution >= 0.6 is 0 Å². The van der Waals surface area contributed by atoms with Gasteiger partial charge < -0.3 is 0 Å². The van der Waals surface area contributed by atoms with Gasteiger partial charge in [-0.25, -0.2) is 0 Å². The second kappa shape index (κ2) is 20.1. The van der Waals surface area contributed by atoms with Crippen LogP contribution in [-0.2, 0) is 0 Å². The van der Waals surface area contributed by atoms with Crippen molar-refractivity contribution in [1.29, 1.82) is 0 Å². The Kier molecular flexibility index (Phi) is 15.9. The first-order chi connectivity index (χ1) is 27.8. The highest BCUT2D eigenvalue weighted by Crippen LogP contribution is 2.70. The van der Waals surface area contributed by atoms with Crippen molar-refractivity contribution in [2.45, 2.75) is 230 Å². The maximum atomic E-state index is 2.75. The molecular formula is C58H94. The van der Waals surface area contributed by atoms with Crippen LogP contribution in [0.2, 0.25) is 0 Å². The van der Waals surface area contributed by atoms with Crippen LogP contribution in [0.3, 0.4) is 0 Å². The van der Waals surface area contributed by atoms with Crippen LogP contribution < -0.4 is 0 Å². The lowest BCUT2D eigenvalue weighted by Crippen LogP contribution is -2.55. The first-order valence-corrected chi connectivity index (χ1v) is 25.9. The zero-order valence-corrected chi connectivity index (χ0v) is 40.6. The standard InChI is InChI=1S/C58H94/c1-13-17-20-48-23-24-50(48)27-30-52(37-57(12)31-18-32-57)56-54(38-58(56)33-19-34-58)51-28-25-49(26-29-51)46(15-3)36-53(41(7)22-21-40(6)39(5)14-2)47(16-4)35-42(8)55-44(10)43(9)45(55)11/h25-26,28-29,35,43-48,50,52,54-56H,13-24,27,30-34,36-38H2,1-12H3. The normalized spacial score (nSPS) is 32.4. The number of hydrogen-bond acceptors (Lipinski definition) is 0. The van der Waals surface area contributed by atoms with E-state index in [9.17, 15) is 0 Å². The fraction of sp³-hybridized carbons (Fsp3) is 0.793. The molecule has 5 aliphatic rings. The van der Waals surface area contributed by atoms with Gasteiger partial charge in [-0.05, 0) is 217 Å². The number of allylic oxidation sites excluding steroid dienone is 6. The predicted molar refractivity (Wildman–Crippen MR) is 255 cm³/mol. The second-order valence-electron chi connectivity index (χ2n) is 22.7. The molecule has 5 aliphatic carbocycles. The molecule has 58 heavy (non-hydrogen) atoms. The Hall–Kier alpha value is -1.56. The van der Waals surface area contributed by atoms with E-state index < -0.39 is 0 Å². The van der Waals surface area contributed by atoms with Gasteiger partial charge in [0.1, 0.15) is 0 Å². The first-order valence-electron chi connectivity index (χ1n) is 25.9. The zero-order valence-electron chi connectivity index (χ0n) is 40.6. The molecule has 9 atom stereocenters. The molecule has 5 fully saturated rings. The van der Waals surface area contributed by atoms with Gasteiger partial charge in [0.2, 0.25) is 0 Å². The summed E-state index contributed by atoms with van der Waals surface area (Å²) in [7, 11) is 0. The van der Waals surface area contributed by atoms with Gasteiger partial charge >= 0.3 is 0 Å². The quantitative estimate of drug-likeness (QED) is 0.103. The third kappa shape index (κ3) is 9.88. The van der Waals surface area contributed by atoms with Crippen LogP contribution in [0.1, 0.15) is 241 Å². The molecule has 1 aromatic carbocycles. The van der Waals surface area contributed by atoms with Crippen molar-refractivity contribution in [2.24, 2.45) is 64.1 Å². The maximum absolute atomic E-state index is 2.75. The highest BCUT2D eigenvalue weighted by Gasteiger charge is 2.59. The fourth-order valence-electron chi connectivity index (χ4n) is 14.3. The molecule has 9 unspecified atom stereocenters. The molecule has 1 spiro atoms.